The molecule has 2 rings (SSSR count). The van der Waals surface area contributed by atoms with Crippen molar-refractivity contribution in [3.63, 3.8) is 0 Å². The maximum absolute atomic E-state index is 6.50. The van der Waals surface area contributed by atoms with Crippen LogP contribution in [0.4, 0.5) is 0 Å². The van der Waals surface area contributed by atoms with E-state index in [9.17, 15) is 0 Å². The summed E-state index contributed by atoms with van der Waals surface area (Å²) in [5.74, 6) is 0. The van der Waals surface area contributed by atoms with Gasteiger partial charge >= 0.3 is 0 Å². The van der Waals surface area contributed by atoms with Crippen molar-refractivity contribution in [1.29, 1.82) is 0 Å². The molecule has 0 saturated carbocycles. The zero-order valence-electron chi connectivity index (χ0n) is 12.0. The molecule has 0 fully saturated rings. The van der Waals surface area contributed by atoms with Crippen molar-refractivity contribution in [2.75, 3.05) is 0 Å². The lowest BCUT2D eigenvalue weighted by molar-refractivity contribution is 0.491. The lowest BCUT2D eigenvalue weighted by Gasteiger charge is -2.26. The second-order valence-electron chi connectivity index (χ2n) is 5.63. The van der Waals surface area contributed by atoms with Crippen LogP contribution in [0.1, 0.15) is 29.2 Å². The van der Waals surface area contributed by atoms with Gasteiger partial charge in [-0.3, -0.25) is 0 Å². The Bertz CT molecular complexity index is 633. The Labute approximate surface area is 130 Å². The molecule has 2 aromatic rings. The average Bonchev–Trinajstić information content (AvgIpc) is 2.36. The number of benzene rings is 2. The number of nitrogens with two attached hydrogens (primary N) is 1. The van der Waals surface area contributed by atoms with Gasteiger partial charge in [0, 0.05) is 15.6 Å². The molecule has 20 heavy (non-hydrogen) atoms. The molecular formula is C17H19Cl2N. The highest BCUT2D eigenvalue weighted by Gasteiger charge is 2.23. The van der Waals surface area contributed by atoms with Crippen LogP contribution < -0.4 is 5.73 Å². The molecule has 0 amide bonds. The summed E-state index contributed by atoms with van der Waals surface area (Å²) in [5, 5.41) is 1.31. The van der Waals surface area contributed by atoms with Gasteiger partial charge in [0.25, 0.3) is 0 Å². The first-order valence-electron chi connectivity index (χ1n) is 6.60. The molecule has 0 aromatic heterocycles. The van der Waals surface area contributed by atoms with Crippen molar-refractivity contribution in [2.45, 2.75) is 32.7 Å². The number of hydrogen-bond donors (Lipinski definition) is 1. The zero-order valence-corrected chi connectivity index (χ0v) is 13.5. The first-order chi connectivity index (χ1) is 9.29. The highest BCUT2D eigenvalue weighted by molar-refractivity contribution is 6.35. The van der Waals surface area contributed by atoms with Gasteiger partial charge in [0.2, 0.25) is 0 Å². The summed E-state index contributed by atoms with van der Waals surface area (Å²) in [7, 11) is 0. The Morgan fingerprint density at radius 1 is 1.00 bits per heavy atom. The van der Waals surface area contributed by atoms with Gasteiger partial charge in [-0.25, -0.2) is 0 Å². The Hall–Kier alpha value is -1.02. The maximum atomic E-state index is 6.50. The third-order valence-electron chi connectivity index (χ3n) is 3.74. The maximum Gasteiger partial charge on any atom is 0.0453 e. The minimum Gasteiger partial charge on any atom is -0.321 e. The molecule has 0 spiro atoms. The quantitative estimate of drug-likeness (QED) is 0.846. The SMILES string of the molecule is Cc1ccc(C(C)(N)Cc2ccc(Cl)cc2Cl)cc1C. The molecule has 2 aromatic carbocycles. The Kier molecular flexibility index (Phi) is 4.43. The molecule has 3 heteroatoms. The molecular weight excluding hydrogens is 289 g/mol. The lowest BCUT2D eigenvalue weighted by atomic mass is 9.85. The first kappa shape index (κ1) is 15.4. The van der Waals surface area contributed by atoms with Crippen LogP contribution in [0, 0.1) is 13.8 Å². The van der Waals surface area contributed by atoms with Gasteiger partial charge in [-0.05, 0) is 61.6 Å². The second kappa shape index (κ2) is 5.77. The zero-order chi connectivity index (χ0) is 14.9. The molecule has 1 nitrogen and oxygen atoms in total. The van der Waals surface area contributed by atoms with E-state index in [-0.39, 0.29) is 0 Å². The van der Waals surface area contributed by atoms with Crippen LogP contribution in [0.5, 0.6) is 0 Å². The molecule has 0 aliphatic rings. The Morgan fingerprint density at radius 2 is 1.70 bits per heavy atom. The molecule has 2 N–H and O–H groups in total. The number of halogens is 2. The van der Waals surface area contributed by atoms with Crippen molar-refractivity contribution in [3.05, 3.63) is 68.7 Å². The largest absolute Gasteiger partial charge is 0.321 e. The van der Waals surface area contributed by atoms with Crippen molar-refractivity contribution in [3.8, 4) is 0 Å². The van der Waals surface area contributed by atoms with Gasteiger partial charge in [0.05, 0.1) is 0 Å². The van der Waals surface area contributed by atoms with Crippen LogP contribution in [0.2, 0.25) is 10.0 Å². The van der Waals surface area contributed by atoms with Crippen LogP contribution in [-0.2, 0) is 12.0 Å². The molecule has 1 atom stereocenters. The Morgan fingerprint density at radius 3 is 2.30 bits per heavy atom. The fourth-order valence-corrected chi connectivity index (χ4v) is 2.73. The predicted molar refractivity (Wildman–Crippen MR) is 87.6 cm³/mol. The molecule has 0 aliphatic heterocycles. The van der Waals surface area contributed by atoms with Gasteiger partial charge in [-0.1, -0.05) is 47.5 Å². The third-order valence-corrected chi connectivity index (χ3v) is 4.33. The van der Waals surface area contributed by atoms with Gasteiger partial charge in [0.1, 0.15) is 0 Å². The van der Waals surface area contributed by atoms with E-state index in [4.69, 9.17) is 28.9 Å². The summed E-state index contributed by atoms with van der Waals surface area (Å²) in [4.78, 5) is 0. The van der Waals surface area contributed by atoms with Crippen LogP contribution in [0.25, 0.3) is 0 Å². The van der Waals surface area contributed by atoms with Gasteiger partial charge in [-0.2, -0.15) is 0 Å². The summed E-state index contributed by atoms with van der Waals surface area (Å²) in [5.41, 5.74) is 10.7. The highest BCUT2D eigenvalue weighted by atomic mass is 35.5. The molecule has 0 saturated heterocycles. The van der Waals surface area contributed by atoms with Crippen LogP contribution in [0.15, 0.2) is 36.4 Å². The molecule has 1 unspecified atom stereocenters. The van der Waals surface area contributed by atoms with E-state index in [1.165, 1.54) is 11.1 Å². The fourth-order valence-electron chi connectivity index (χ4n) is 2.26. The summed E-state index contributed by atoms with van der Waals surface area (Å²) in [6, 6.07) is 11.9. The number of aryl methyl sites for hydroxylation is 2. The van der Waals surface area contributed by atoms with E-state index in [1.54, 1.807) is 6.07 Å². The van der Waals surface area contributed by atoms with E-state index >= 15 is 0 Å². The van der Waals surface area contributed by atoms with E-state index in [0.717, 1.165) is 11.1 Å². The van der Waals surface area contributed by atoms with Gasteiger partial charge in [0.15, 0.2) is 0 Å². The van der Waals surface area contributed by atoms with Crippen LogP contribution in [0.3, 0.4) is 0 Å². The number of hydrogen-bond acceptors (Lipinski definition) is 1. The molecule has 106 valence electrons. The topological polar surface area (TPSA) is 26.0 Å². The minimum atomic E-state index is -0.462. The lowest BCUT2D eigenvalue weighted by Crippen LogP contribution is -2.35. The highest BCUT2D eigenvalue weighted by Crippen LogP contribution is 2.29. The van der Waals surface area contributed by atoms with Crippen molar-refractivity contribution >= 4 is 23.2 Å². The van der Waals surface area contributed by atoms with Crippen molar-refractivity contribution in [1.82, 2.24) is 0 Å². The third kappa shape index (κ3) is 3.35. The molecule has 0 radical (unpaired) electrons. The fraction of sp³-hybridized carbons (Fsp3) is 0.294. The van der Waals surface area contributed by atoms with Crippen LogP contribution >= 0.6 is 23.2 Å². The monoisotopic (exact) mass is 307 g/mol. The minimum absolute atomic E-state index is 0.462. The normalized spacial score (nSPS) is 14.1. The number of rotatable bonds is 3. The van der Waals surface area contributed by atoms with Crippen molar-refractivity contribution < 1.29 is 0 Å². The summed E-state index contributed by atoms with van der Waals surface area (Å²) >= 11 is 12.2. The van der Waals surface area contributed by atoms with E-state index in [1.807, 2.05) is 19.1 Å². The molecule has 0 aliphatic carbocycles. The van der Waals surface area contributed by atoms with Crippen molar-refractivity contribution in [2.24, 2.45) is 5.73 Å². The first-order valence-corrected chi connectivity index (χ1v) is 7.36. The summed E-state index contributed by atoms with van der Waals surface area (Å²) in [6.45, 7) is 6.23. The smallest absolute Gasteiger partial charge is 0.0453 e. The average molecular weight is 308 g/mol. The standard InChI is InChI=1S/C17H19Cl2N/c1-11-4-6-14(8-12(11)2)17(3,20)10-13-5-7-15(18)9-16(13)19/h4-9H,10,20H2,1-3H3. The van der Waals surface area contributed by atoms with E-state index in [0.29, 0.717) is 16.5 Å². The predicted octanol–water partition coefficient (Wildman–Crippen LogP) is 5.03. The van der Waals surface area contributed by atoms with E-state index < -0.39 is 5.54 Å². The molecule has 0 heterocycles. The second-order valence-corrected chi connectivity index (χ2v) is 6.47. The van der Waals surface area contributed by atoms with Gasteiger partial charge in [-0.15, -0.1) is 0 Å². The van der Waals surface area contributed by atoms with Gasteiger partial charge < -0.3 is 5.73 Å². The summed E-state index contributed by atoms with van der Waals surface area (Å²) in [6.07, 6.45) is 0.672. The molecule has 0 bridgehead atoms. The van der Waals surface area contributed by atoms with Crippen LogP contribution in [-0.4, -0.2) is 0 Å². The Balaban J connectivity index is 2.32. The summed E-state index contributed by atoms with van der Waals surface area (Å²) < 4.78 is 0. The van der Waals surface area contributed by atoms with E-state index in [2.05, 4.69) is 32.0 Å².